The zero-order chi connectivity index (χ0) is 12.7. The van der Waals surface area contributed by atoms with E-state index < -0.39 is 5.97 Å². The molecular formula is C13H20N2O2. The number of hydrogen-bond donors (Lipinski definition) is 1. The average Bonchev–Trinajstić information content (AvgIpc) is 2.35. The topological polar surface area (TPSA) is 62.0 Å². The summed E-state index contributed by atoms with van der Waals surface area (Å²) < 4.78 is 0. The Labute approximate surface area is 102 Å². The number of aliphatic imine (C=N–C) groups is 2. The van der Waals surface area contributed by atoms with Gasteiger partial charge in [0.15, 0.2) is 0 Å². The van der Waals surface area contributed by atoms with E-state index in [0.29, 0.717) is 12.8 Å². The molecule has 1 aliphatic rings. The van der Waals surface area contributed by atoms with Gasteiger partial charge in [-0.1, -0.05) is 19.4 Å². The van der Waals surface area contributed by atoms with E-state index in [4.69, 9.17) is 5.11 Å². The molecule has 0 saturated carbocycles. The van der Waals surface area contributed by atoms with Crippen molar-refractivity contribution in [3.05, 3.63) is 11.6 Å². The van der Waals surface area contributed by atoms with E-state index in [0.717, 1.165) is 30.7 Å². The number of carboxylic acid groups (broad SMARTS) is 1. The Balaban J connectivity index is 2.64. The quantitative estimate of drug-likeness (QED) is 0.602. The van der Waals surface area contributed by atoms with Crippen LogP contribution in [0.2, 0.25) is 0 Å². The van der Waals surface area contributed by atoms with E-state index in [1.807, 2.05) is 12.3 Å². The molecular weight excluding hydrogens is 216 g/mol. The molecule has 1 unspecified atom stereocenters. The number of nitrogens with zero attached hydrogens (tertiary/aromatic N) is 2. The van der Waals surface area contributed by atoms with Gasteiger partial charge in [0, 0.05) is 13.3 Å². The fourth-order valence-corrected chi connectivity index (χ4v) is 1.83. The Morgan fingerprint density at radius 1 is 1.65 bits per heavy atom. The highest BCUT2D eigenvalue weighted by Crippen LogP contribution is 2.24. The second-order valence-corrected chi connectivity index (χ2v) is 4.19. The van der Waals surface area contributed by atoms with Crippen molar-refractivity contribution in [2.24, 2.45) is 15.9 Å². The third-order valence-corrected chi connectivity index (χ3v) is 2.89. The molecule has 0 bridgehead atoms. The van der Waals surface area contributed by atoms with Gasteiger partial charge in [-0.25, -0.2) is 4.99 Å². The maximum Gasteiger partial charge on any atom is 0.306 e. The largest absolute Gasteiger partial charge is 0.481 e. The summed E-state index contributed by atoms with van der Waals surface area (Å²) in [5.74, 6) is -0.191. The number of hydrogen-bond acceptors (Lipinski definition) is 2. The van der Waals surface area contributed by atoms with Gasteiger partial charge in [0.1, 0.15) is 5.84 Å². The molecule has 0 saturated heterocycles. The number of allylic oxidation sites excluding steroid dienone is 1. The molecule has 0 aromatic rings. The zero-order valence-corrected chi connectivity index (χ0v) is 10.5. The first-order valence-corrected chi connectivity index (χ1v) is 6.10. The Bertz CT molecular complexity index is 356. The smallest absolute Gasteiger partial charge is 0.306 e. The van der Waals surface area contributed by atoms with Gasteiger partial charge in [-0.15, -0.1) is 0 Å². The molecule has 0 amide bonds. The summed E-state index contributed by atoms with van der Waals surface area (Å²) in [7, 11) is 1.72. The molecule has 0 fully saturated rings. The van der Waals surface area contributed by atoms with Crippen molar-refractivity contribution in [2.45, 2.75) is 39.0 Å². The van der Waals surface area contributed by atoms with Crippen LogP contribution in [-0.4, -0.2) is 30.2 Å². The predicted molar refractivity (Wildman–Crippen MR) is 69.8 cm³/mol. The van der Waals surface area contributed by atoms with Crippen LogP contribution in [0.1, 0.15) is 39.0 Å². The lowest BCUT2D eigenvalue weighted by atomic mass is 9.89. The molecule has 1 N–H and O–H groups in total. The van der Waals surface area contributed by atoms with E-state index in [1.165, 1.54) is 0 Å². The first-order chi connectivity index (χ1) is 8.19. The van der Waals surface area contributed by atoms with Gasteiger partial charge in [0.2, 0.25) is 0 Å². The van der Waals surface area contributed by atoms with E-state index in [1.54, 1.807) is 7.05 Å². The molecule has 4 heteroatoms. The van der Waals surface area contributed by atoms with Crippen molar-refractivity contribution in [3.8, 4) is 0 Å². The summed E-state index contributed by atoms with van der Waals surface area (Å²) in [6.07, 6.45) is 7.90. The summed E-state index contributed by atoms with van der Waals surface area (Å²) in [6, 6.07) is 0. The van der Waals surface area contributed by atoms with Crippen molar-refractivity contribution in [1.82, 2.24) is 0 Å². The van der Waals surface area contributed by atoms with Crippen molar-refractivity contribution < 1.29 is 9.90 Å². The van der Waals surface area contributed by atoms with Crippen molar-refractivity contribution >= 4 is 18.0 Å². The Morgan fingerprint density at radius 2 is 2.41 bits per heavy atom. The standard InChI is InChI=1S/C13H20N2O2/c1-3-4-9-15-12(14-2)10-5-7-11(8-6-10)13(16)17/h5,9,11H,3-4,6-8H2,1-2H3,(H,16,17). The fraction of sp³-hybridized carbons (Fsp3) is 0.615. The highest BCUT2D eigenvalue weighted by atomic mass is 16.4. The first kappa shape index (κ1) is 13.6. The summed E-state index contributed by atoms with van der Waals surface area (Å²) in [6.45, 7) is 2.10. The first-order valence-electron chi connectivity index (χ1n) is 6.10. The minimum atomic E-state index is -0.704. The number of unbranched alkanes of at least 4 members (excludes halogenated alkanes) is 1. The van der Waals surface area contributed by atoms with Crippen LogP contribution >= 0.6 is 0 Å². The number of aliphatic carboxylic acids is 1. The van der Waals surface area contributed by atoms with Gasteiger partial charge < -0.3 is 5.11 Å². The summed E-state index contributed by atoms with van der Waals surface area (Å²) in [5.41, 5.74) is 1.08. The van der Waals surface area contributed by atoms with Gasteiger partial charge in [0.25, 0.3) is 0 Å². The maximum atomic E-state index is 10.8. The third kappa shape index (κ3) is 4.13. The van der Waals surface area contributed by atoms with E-state index in [-0.39, 0.29) is 5.92 Å². The molecule has 0 aromatic carbocycles. The lowest BCUT2D eigenvalue weighted by Crippen LogP contribution is -2.18. The third-order valence-electron chi connectivity index (χ3n) is 2.89. The van der Waals surface area contributed by atoms with Crippen LogP contribution in [0.15, 0.2) is 21.6 Å². The second kappa shape index (κ2) is 6.99. The van der Waals surface area contributed by atoms with E-state index in [9.17, 15) is 4.79 Å². The molecule has 0 aromatic heterocycles. The number of amidine groups is 1. The average molecular weight is 236 g/mol. The Hall–Kier alpha value is -1.45. The summed E-state index contributed by atoms with van der Waals surface area (Å²) in [4.78, 5) is 19.3. The molecule has 4 nitrogen and oxygen atoms in total. The molecule has 0 spiro atoms. The molecule has 1 rings (SSSR count). The SMILES string of the molecule is CCCC=NC(=NC)C1=CCC(C(=O)O)CC1. The van der Waals surface area contributed by atoms with Crippen LogP contribution in [0.3, 0.4) is 0 Å². The number of carbonyl (C=O) groups is 1. The summed E-state index contributed by atoms with van der Waals surface area (Å²) in [5, 5.41) is 8.90. The molecule has 0 radical (unpaired) electrons. The molecule has 94 valence electrons. The van der Waals surface area contributed by atoms with Crippen LogP contribution in [0.4, 0.5) is 0 Å². The van der Waals surface area contributed by atoms with Crippen LogP contribution in [0.5, 0.6) is 0 Å². The van der Waals surface area contributed by atoms with Gasteiger partial charge in [-0.05, 0) is 31.3 Å². The zero-order valence-electron chi connectivity index (χ0n) is 10.5. The monoisotopic (exact) mass is 236 g/mol. The lowest BCUT2D eigenvalue weighted by molar-refractivity contribution is -0.141. The van der Waals surface area contributed by atoms with Gasteiger partial charge in [-0.2, -0.15) is 0 Å². The highest BCUT2D eigenvalue weighted by Gasteiger charge is 2.22. The van der Waals surface area contributed by atoms with Crippen molar-refractivity contribution in [2.75, 3.05) is 7.05 Å². The Morgan fingerprint density at radius 3 is 2.88 bits per heavy atom. The van der Waals surface area contributed by atoms with Crippen LogP contribution in [-0.2, 0) is 4.79 Å². The van der Waals surface area contributed by atoms with Gasteiger partial charge >= 0.3 is 5.97 Å². The van der Waals surface area contributed by atoms with Crippen LogP contribution in [0, 0.1) is 5.92 Å². The molecule has 0 heterocycles. The molecule has 17 heavy (non-hydrogen) atoms. The van der Waals surface area contributed by atoms with Crippen LogP contribution < -0.4 is 0 Å². The normalized spacial score (nSPS) is 21.6. The highest BCUT2D eigenvalue weighted by molar-refractivity contribution is 6.02. The minimum absolute atomic E-state index is 0.239. The van der Waals surface area contributed by atoms with Crippen molar-refractivity contribution in [1.29, 1.82) is 0 Å². The maximum absolute atomic E-state index is 10.8. The number of carboxylic acids is 1. The molecule has 1 atom stereocenters. The van der Waals surface area contributed by atoms with E-state index in [2.05, 4.69) is 16.9 Å². The Kier molecular flexibility index (Phi) is 5.60. The van der Waals surface area contributed by atoms with E-state index >= 15 is 0 Å². The minimum Gasteiger partial charge on any atom is -0.481 e. The van der Waals surface area contributed by atoms with Crippen LogP contribution in [0.25, 0.3) is 0 Å². The van der Waals surface area contributed by atoms with Gasteiger partial charge in [-0.3, -0.25) is 9.79 Å². The molecule has 0 aliphatic heterocycles. The molecule has 1 aliphatic carbocycles. The van der Waals surface area contributed by atoms with Crippen molar-refractivity contribution in [3.63, 3.8) is 0 Å². The number of rotatable bonds is 4. The lowest BCUT2D eigenvalue weighted by Gasteiger charge is -2.17. The van der Waals surface area contributed by atoms with Gasteiger partial charge in [0.05, 0.1) is 5.92 Å². The predicted octanol–water partition coefficient (Wildman–Crippen LogP) is 2.70. The second-order valence-electron chi connectivity index (χ2n) is 4.19. The fourth-order valence-electron chi connectivity index (χ4n) is 1.83. The summed E-state index contributed by atoms with van der Waals surface area (Å²) >= 11 is 0.